The highest BCUT2D eigenvalue weighted by molar-refractivity contribution is 5.03. The van der Waals surface area contributed by atoms with E-state index >= 15 is 0 Å². The third kappa shape index (κ3) is 10.9. The number of methoxy groups -OCH3 is 1. The minimum Gasteiger partial charge on any atom is -0.385 e. The Morgan fingerprint density at radius 2 is 1.68 bits per heavy atom. The van der Waals surface area contributed by atoms with E-state index in [-0.39, 0.29) is 0 Å². The summed E-state index contributed by atoms with van der Waals surface area (Å²) < 4.78 is 15.8. The molecule has 1 unspecified atom stereocenters. The molecule has 0 aliphatic carbocycles. The van der Waals surface area contributed by atoms with Crippen molar-refractivity contribution in [3.05, 3.63) is 0 Å². The van der Waals surface area contributed by atoms with E-state index in [1.54, 1.807) is 7.11 Å². The minimum absolute atomic E-state index is 0.436. The van der Waals surface area contributed by atoms with Crippen molar-refractivity contribution in [1.29, 1.82) is 5.26 Å². The Morgan fingerprint density at radius 1 is 1.05 bits per heavy atom. The van der Waals surface area contributed by atoms with Gasteiger partial charge in [-0.3, -0.25) is 5.32 Å². The van der Waals surface area contributed by atoms with E-state index in [1.165, 1.54) is 0 Å². The Bertz CT molecular complexity index is 243. The Labute approximate surface area is 117 Å². The van der Waals surface area contributed by atoms with Crippen molar-refractivity contribution < 1.29 is 14.2 Å². The van der Waals surface area contributed by atoms with Gasteiger partial charge in [0.2, 0.25) is 0 Å². The smallest absolute Gasteiger partial charge is 0.104 e. The first-order valence-electron chi connectivity index (χ1n) is 6.99. The van der Waals surface area contributed by atoms with Crippen LogP contribution in [0.5, 0.6) is 0 Å². The predicted molar refractivity (Wildman–Crippen MR) is 75.1 cm³/mol. The van der Waals surface area contributed by atoms with Crippen molar-refractivity contribution in [3.63, 3.8) is 0 Å². The fourth-order valence-corrected chi connectivity index (χ4v) is 1.73. The van der Waals surface area contributed by atoms with E-state index < -0.39 is 5.54 Å². The van der Waals surface area contributed by atoms with Gasteiger partial charge in [0.1, 0.15) is 5.54 Å². The van der Waals surface area contributed by atoms with Crippen LogP contribution in [0.2, 0.25) is 0 Å². The molecule has 0 saturated heterocycles. The van der Waals surface area contributed by atoms with Gasteiger partial charge >= 0.3 is 0 Å². The van der Waals surface area contributed by atoms with Crippen LogP contribution in [0.25, 0.3) is 0 Å². The second-order valence-corrected chi connectivity index (χ2v) is 4.65. The van der Waals surface area contributed by atoms with E-state index in [0.29, 0.717) is 26.4 Å². The summed E-state index contributed by atoms with van der Waals surface area (Å²) in [6, 6.07) is 2.31. The molecule has 1 N–H and O–H groups in total. The minimum atomic E-state index is -0.436. The van der Waals surface area contributed by atoms with Crippen LogP contribution in [0.3, 0.4) is 0 Å². The highest BCUT2D eigenvalue weighted by Gasteiger charge is 2.21. The van der Waals surface area contributed by atoms with Gasteiger partial charge in [-0.25, -0.2) is 0 Å². The van der Waals surface area contributed by atoms with Crippen LogP contribution in [-0.4, -0.2) is 52.2 Å². The molecule has 0 heterocycles. The third-order valence-corrected chi connectivity index (χ3v) is 2.79. The van der Waals surface area contributed by atoms with Crippen LogP contribution < -0.4 is 5.32 Å². The van der Waals surface area contributed by atoms with Crippen LogP contribution in [0.4, 0.5) is 0 Å². The number of nitrogens with zero attached hydrogens (tertiary/aromatic N) is 1. The van der Waals surface area contributed by atoms with E-state index in [2.05, 4.69) is 11.4 Å². The SMILES string of the molecule is CCNC(C)(C#N)CCCOCCOCCCOC. The molecule has 0 saturated carbocycles. The molecule has 0 rings (SSSR count). The lowest BCUT2D eigenvalue weighted by atomic mass is 9.98. The lowest BCUT2D eigenvalue weighted by Gasteiger charge is -2.22. The summed E-state index contributed by atoms with van der Waals surface area (Å²) in [6.07, 6.45) is 2.59. The molecule has 0 amide bonds. The summed E-state index contributed by atoms with van der Waals surface area (Å²) in [5, 5.41) is 12.3. The van der Waals surface area contributed by atoms with Crippen molar-refractivity contribution in [1.82, 2.24) is 5.32 Å². The Hall–Kier alpha value is -0.670. The summed E-state index contributed by atoms with van der Waals surface area (Å²) in [6.45, 7) is 8.08. The highest BCUT2D eigenvalue weighted by Crippen LogP contribution is 2.10. The van der Waals surface area contributed by atoms with E-state index in [0.717, 1.165) is 32.4 Å². The second kappa shape index (κ2) is 12.4. The standard InChI is InChI=1S/C14H28N2O3/c1-4-16-14(2,13-15)7-5-9-18-11-12-19-10-6-8-17-3/h16H,4-12H2,1-3H3. The molecular formula is C14H28N2O3. The van der Waals surface area contributed by atoms with Gasteiger partial charge in [0.25, 0.3) is 0 Å². The van der Waals surface area contributed by atoms with Gasteiger partial charge in [-0.1, -0.05) is 6.92 Å². The molecule has 5 nitrogen and oxygen atoms in total. The van der Waals surface area contributed by atoms with E-state index in [4.69, 9.17) is 19.5 Å². The number of hydrogen-bond acceptors (Lipinski definition) is 5. The average Bonchev–Trinajstić information content (AvgIpc) is 2.41. The first-order valence-corrected chi connectivity index (χ1v) is 6.99. The molecule has 19 heavy (non-hydrogen) atoms. The normalized spacial score (nSPS) is 14.0. The van der Waals surface area contributed by atoms with Crippen LogP contribution in [0, 0.1) is 11.3 Å². The van der Waals surface area contributed by atoms with Crippen molar-refractivity contribution >= 4 is 0 Å². The lowest BCUT2D eigenvalue weighted by Crippen LogP contribution is -2.40. The molecule has 0 radical (unpaired) electrons. The number of nitriles is 1. The van der Waals surface area contributed by atoms with Crippen LogP contribution in [-0.2, 0) is 14.2 Å². The zero-order valence-electron chi connectivity index (χ0n) is 12.5. The molecule has 0 aromatic rings. The van der Waals surface area contributed by atoms with Gasteiger partial charge in [-0.15, -0.1) is 0 Å². The van der Waals surface area contributed by atoms with E-state index in [1.807, 2.05) is 13.8 Å². The number of ether oxygens (including phenoxy) is 3. The van der Waals surface area contributed by atoms with Crippen LogP contribution in [0.1, 0.15) is 33.1 Å². The van der Waals surface area contributed by atoms with Gasteiger partial charge in [0.05, 0.1) is 19.3 Å². The third-order valence-electron chi connectivity index (χ3n) is 2.79. The molecule has 112 valence electrons. The molecular weight excluding hydrogens is 244 g/mol. The van der Waals surface area contributed by atoms with Crippen molar-refractivity contribution in [3.8, 4) is 6.07 Å². The van der Waals surface area contributed by atoms with Gasteiger partial charge in [-0.05, 0) is 32.7 Å². The molecule has 0 spiro atoms. The monoisotopic (exact) mass is 272 g/mol. The predicted octanol–water partition coefficient (Wildman–Crippen LogP) is 1.73. The molecule has 5 heteroatoms. The Kier molecular flexibility index (Phi) is 11.9. The molecule has 0 aromatic carbocycles. The zero-order chi connectivity index (χ0) is 14.4. The molecule has 0 fully saturated rings. The second-order valence-electron chi connectivity index (χ2n) is 4.65. The largest absolute Gasteiger partial charge is 0.385 e. The highest BCUT2D eigenvalue weighted by atomic mass is 16.5. The number of nitrogens with one attached hydrogen (secondary N) is 1. The maximum atomic E-state index is 9.08. The van der Waals surface area contributed by atoms with Crippen molar-refractivity contribution in [2.24, 2.45) is 0 Å². The topological polar surface area (TPSA) is 63.5 Å². The summed E-state index contributed by atoms with van der Waals surface area (Å²) in [5.74, 6) is 0. The van der Waals surface area contributed by atoms with Crippen molar-refractivity contribution in [2.45, 2.75) is 38.6 Å². The first-order chi connectivity index (χ1) is 9.18. The molecule has 1 atom stereocenters. The molecule has 0 aliphatic rings. The first kappa shape index (κ1) is 18.3. The summed E-state index contributed by atoms with van der Waals surface area (Å²) in [5.41, 5.74) is -0.436. The fourth-order valence-electron chi connectivity index (χ4n) is 1.73. The molecule has 0 bridgehead atoms. The lowest BCUT2D eigenvalue weighted by molar-refractivity contribution is 0.0378. The van der Waals surface area contributed by atoms with Crippen molar-refractivity contribution in [2.75, 3.05) is 46.7 Å². The number of rotatable bonds is 13. The molecule has 0 aliphatic heterocycles. The maximum Gasteiger partial charge on any atom is 0.104 e. The Morgan fingerprint density at radius 3 is 2.21 bits per heavy atom. The molecule has 0 aromatic heterocycles. The number of hydrogen-bond donors (Lipinski definition) is 1. The van der Waals surface area contributed by atoms with E-state index in [9.17, 15) is 0 Å². The summed E-state index contributed by atoms with van der Waals surface area (Å²) in [4.78, 5) is 0. The summed E-state index contributed by atoms with van der Waals surface area (Å²) in [7, 11) is 1.69. The maximum absolute atomic E-state index is 9.08. The van der Waals surface area contributed by atoms with Crippen LogP contribution >= 0.6 is 0 Å². The van der Waals surface area contributed by atoms with Gasteiger partial charge in [-0.2, -0.15) is 5.26 Å². The van der Waals surface area contributed by atoms with Gasteiger partial charge < -0.3 is 14.2 Å². The van der Waals surface area contributed by atoms with Gasteiger partial charge in [0, 0.05) is 26.9 Å². The van der Waals surface area contributed by atoms with Gasteiger partial charge in [0.15, 0.2) is 0 Å². The Balaban J connectivity index is 3.33. The quantitative estimate of drug-likeness (QED) is 0.517. The summed E-state index contributed by atoms with van der Waals surface area (Å²) >= 11 is 0. The fraction of sp³-hybridized carbons (Fsp3) is 0.929. The zero-order valence-corrected chi connectivity index (χ0v) is 12.5. The van der Waals surface area contributed by atoms with Crippen LogP contribution in [0.15, 0.2) is 0 Å². The average molecular weight is 272 g/mol.